The lowest BCUT2D eigenvalue weighted by Gasteiger charge is -2.51. The number of likely N-dealkylation sites (N-methyl/N-ethyl adjacent to an activating group) is 1. The van der Waals surface area contributed by atoms with Gasteiger partial charge in [-0.1, -0.05) is 44.0 Å². The van der Waals surface area contributed by atoms with E-state index in [9.17, 15) is 4.79 Å². The predicted octanol–water partition coefficient (Wildman–Crippen LogP) is 5.52. The minimum absolute atomic E-state index is 0.220. The van der Waals surface area contributed by atoms with Crippen molar-refractivity contribution in [1.29, 1.82) is 0 Å². The average Bonchev–Trinajstić information content (AvgIpc) is 2.62. The lowest BCUT2D eigenvalue weighted by atomic mass is 9.58. The molecule has 1 fully saturated rings. The van der Waals surface area contributed by atoms with Gasteiger partial charge in [-0.15, -0.1) is 0 Å². The molecule has 0 saturated heterocycles. The monoisotopic (exact) mass is 402 g/mol. The second kappa shape index (κ2) is 10.0. The fraction of sp³-hybridized carbons (Fsp3) is 0.478. The second-order valence-corrected chi connectivity index (χ2v) is 8.61. The Morgan fingerprint density at radius 2 is 1.86 bits per heavy atom. The summed E-state index contributed by atoms with van der Waals surface area (Å²) in [6.07, 6.45) is 8.07. The summed E-state index contributed by atoms with van der Waals surface area (Å²) in [6, 6.07) is 12.3. The molecule has 1 atom stereocenters. The first-order valence-corrected chi connectivity index (χ1v) is 10.2. The van der Waals surface area contributed by atoms with Crippen LogP contribution in [0, 0.1) is 5.92 Å². The van der Waals surface area contributed by atoms with E-state index in [1.54, 1.807) is 6.07 Å². The zero-order valence-electron chi connectivity index (χ0n) is 17.2. The molecular weight excluding hydrogens is 372 g/mol. The third-order valence-corrected chi connectivity index (χ3v) is 5.78. The highest BCUT2D eigenvalue weighted by atomic mass is 35.5. The Bertz CT molecular complexity index is 741. The number of pyridine rings is 1. The zero-order chi connectivity index (χ0) is 20.7. The van der Waals surface area contributed by atoms with Gasteiger partial charge < -0.3 is 10.0 Å². The molecule has 4 nitrogen and oxygen atoms in total. The van der Waals surface area contributed by atoms with Crippen LogP contribution >= 0.6 is 11.6 Å². The van der Waals surface area contributed by atoms with Crippen LogP contribution in [0.3, 0.4) is 0 Å². The van der Waals surface area contributed by atoms with E-state index < -0.39 is 5.97 Å². The number of nitrogens with zero attached hydrogens (tertiary/aromatic N) is 2. The van der Waals surface area contributed by atoms with Gasteiger partial charge in [0.15, 0.2) is 0 Å². The first-order valence-electron chi connectivity index (χ1n) is 9.82. The molecule has 0 amide bonds. The predicted molar refractivity (Wildman–Crippen MR) is 115 cm³/mol. The number of rotatable bonds is 6. The summed E-state index contributed by atoms with van der Waals surface area (Å²) in [5.74, 6) is -0.208. The molecule has 1 heterocycles. The molecule has 1 saturated carbocycles. The number of carbonyl (C=O) groups is 1. The quantitative estimate of drug-likeness (QED) is 0.691. The summed E-state index contributed by atoms with van der Waals surface area (Å²) >= 11 is 6.04. The maximum absolute atomic E-state index is 10.2. The number of hydrogen-bond donors (Lipinski definition) is 1. The molecule has 28 heavy (non-hydrogen) atoms. The topological polar surface area (TPSA) is 53.4 Å². The number of benzene rings is 1. The first-order chi connectivity index (χ1) is 13.3. The number of aromatic carboxylic acids is 1. The standard InChI is InChI=1S/C17H26ClN.C6H5NO2/c1-13(2)12-16(19(3)4)17(10-5-11-17)14-6-8-15(18)9-7-14;8-6(9)5-2-1-3-7-4-5/h6-9,13,16H,5,10-12H2,1-4H3;1-4H,(H,8,9). The van der Waals surface area contributed by atoms with Gasteiger partial charge in [-0.25, -0.2) is 4.79 Å². The minimum atomic E-state index is -0.942. The third kappa shape index (κ3) is 5.55. The maximum atomic E-state index is 10.2. The van der Waals surface area contributed by atoms with Crippen molar-refractivity contribution in [3.63, 3.8) is 0 Å². The van der Waals surface area contributed by atoms with Crippen LogP contribution < -0.4 is 0 Å². The highest BCUT2D eigenvalue weighted by molar-refractivity contribution is 6.30. The normalized spacial score (nSPS) is 16.1. The van der Waals surface area contributed by atoms with E-state index in [0.717, 1.165) is 10.9 Å². The van der Waals surface area contributed by atoms with Crippen LogP contribution in [0.2, 0.25) is 5.02 Å². The SMILES string of the molecule is CC(C)CC(N(C)C)C1(c2ccc(Cl)cc2)CCC1.O=C(O)c1cccnc1. The lowest BCUT2D eigenvalue weighted by molar-refractivity contribution is 0.0696. The minimum Gasteiger partial charge on any atom is -0.478 e. The van der Waals surface area contributed by atoms with Crippen molar-refractivity contribution in [3.05, 3.63) is 64.9 Å². The fourth-order valence-corrected chi connectivity index (χ4v) is 4.15. The van der Waals surface area contributed by atoms with Gasteiger partial charge in [0.05, 0.1) is 5.56 Å². The zero-order valence-corrected chi connectivity index (χ0v) is 18.0. The van der Waals surface area contributed by atoms with E-state index in [1.165, 1.54) is 49.7 Å². The highest BCUT2D eigenvalue weighted by Gasteiger charge is 2.46. The summed E-state index contributed by atoms with van der Waals surface area (Å²) in [6.45, 7) is 4.65. The summed E-state index contributed by atoms with van der Waals surface area (Å²) in [5.41, 5.74) is 2.04. The van der Waals surface area contributed by atoms with E-state index in [-0.39, 0.29) is 5.56 Å². The van der Waals surface area contributed by atoms with E-state index in [0.29, 0.717) is 11.5 Å². The van der Waals surface area contributed by atoms with E-state index in [1.807, 2.05) is 12.1 Å². The van der Waals surface area contributed by atoms with Crippen molar-refractivity contribution in [2.75, 3.05) is 14.1 Å². The largest absolute Gasteiger partial charge is 0.478 e. The Balaban J connectivity index is 0.000000261. The summed E-state index contributed by atoms with van der Waals surface area (Å²) in [4.78, 5) is 16.2. The van der Waals surface area contributed by atoms with Crippen molar-refractivity contribution < 1.29 is 9.90 Å². The Morgan fingerprint density at radius 3 is 2.21 bits per heavy atom. The molecule has 1 aromatic heterocycles. The van der Waals surface area contributed by atoms with Crippen LogP contribution in [0.15, 0.2) is 48.8 Å². The molecule has 0 aliphatic heterocycles. The first kappa shape index (κ1) is 22.4. The van der Waals surface area contributed by atoms with Crippen molar-refractivity contribution >= 4 is 17.6 Å². The molecular formula is C23H31ClN2O2. The molecule has 1 N–H and O–H groups in total. The molecule has 152 valence electrons. The van der Waals surface area contributed by atoms with Crippen molar-refractivity contribution in [2.24, 2.45) is 5.92 Å². The van der Waals surface area contributed by atoms with Crippen molar-refractivity contribution in [3.8, 4) is 0 Å². The molecule has 0 bridgehead atoms. The molecule has 1 aliphatic carbocycles. The van der Waals surface area contributed by atoms with Crippen LogP contribution in [-0.2, 0) is 5.41 Å². The van der Waals surface area contributed by atoms with Gasteiger partial charge in [0.2, 0.25) is 0 Å². The smallest absolute Gasteiger partial charge is 0.337 e. The molecule has 0 spiro atoms. The van der Waals surface area contributed by atoms with Crippen LogP contribution in [0.1, 0.15) is 55.5 Å². The second-order valence-electron chi connectivity index (χ2n) is 8.17. The molecule has 2 aromatic rings. The van der Waals surface area contributed by atoms with Gasteiger partial charge in [-0.05, 0) is 69.1 Å². The highest BCUT2D eigenvalue weighted by Crippen LogP contribution is 2.49. The third-order valence-electron chi connectivity index (χ3n) is 5.53. The van der Waals surface area contributed by atoms with Gasteiger partial charge >= 0.3 is 5.97 Å². The summed E-state index contributed by atoms with van der Waals surface area (Å²) in [7, 11) is 4.45. The Kier molecular flexibility index (Phi) is 8.02. The van der Waals surface area contributed by atoms with E-state index in [4.69, 9.17) is 16.7 Å². The number of carboxylic acids is 1. The van der Waals surface area contributed by atoms with Gasteiger partial charge in [-0.2, -0.15) is 0 Å². The maximum Gasteiger partial charge on any atom is 0.337 e. The average molecular weight is 403 g/mol. The van der Waals surface area contributed by atoms with E-state index >= 15 is 0 Å². The molecule has 5 heteroatoms. The molecule has 3 rings (SSSR count). The van der Waals surface area contributed by atoms with Crippen LogP contribution in [0.4, 0.5) is 0 Å². The molecule has 1 aliphatic rings. The van der Waals surface area contributed by atoms with Crippen LogP contribution in [-0.4, -0.2) is 41.1 Å². The molecule has 0 radical (unpaired) electrons. The summed E-state index contributed by atoms with van der Waals surface area (Å²) < 4.78 is 0. The van der Waals surface area contributed by atoms with Gasteiger partial charge in [-0.3, -0.25) is 4.98 Å². The van der Waals surface area contributed by atoms with Gasteiger partial charge in [0.25, 0.3) is 0 Å². The van der Waals surface area contributed by atoms with Crippen molar-refractivity contribution in [1.82, 2.24) is 9.88 Å². The molecule has 1 unspecified atom stereocenters. The Hall–Kier alpha value is -1.91. The fourth-order valence-electron chi connectivity index (χ4n) is 4.02. The summed E-state index contributed by atoms with van der Waals surface area (Å²) in [5, 5.41) is 9.18. The number of halogens is 1. The number of hydrogen-bond acceptors (Lipinski definition) is 3. The Morgan fingerprint density at radius 1 is 1.21 bits per heavy atom. The van der Waals surface area contributed by atoms with Crippen LogP contribution in [0.5, 0.6) is 0 Å². The van der Waals surface area contributed by atoms with Gasteiger partial charge in [0, 0.05) is 28.9 Å². The van der Waals surface area contributed by atoms with E-state index in [2.05, 4.69) is 50.0 Å². The lowest BCUT2D eigenvalue weighted by Crippen LogP contribution is -2.52. The number of aromatic nitrogens is 1. The molecule has 1 aromatic carbocycles. The van der Waals surface area contributed by atoms with Crippen molar-refractivity contribution in [2.45, 2.75) is 51.0 Å². The Labute approximate surface area is 173 Å². The number of carboxylic acid groups (broad SMARTS) is 1. The van der Waals surface area contributed by atoms with Crippen LogP contribution in [0.25, 0.3) is 0 Å². The van der Waals surface area contributed by atoms with Gasteiger partial charge in [0.1, 0.15) is 0 Å².